The van der Waals surface area contributed by atoms with Crippen molar-refractivity contribution >= 4 is 29.2 Å². The highest BCUT2D eigenvalue weighted by molar-refractivity contribution is 6.35. The van der Waals surface area contributed by atoms with Gasteiger partial charge in [0.2, 0.25) is 0 Å². The molecule has 0 aliphatic heterocycles. The van der Waals surface area contributed by atoms with Crippen molar-refractivity contribution in [2.45, 2.75) is 32.4 Å². The van der Waals surface area contributed by atoms with Gasteiger partial charge in [0.15, 0.2) is 0 Å². The van der Waals surface area contributed by atoms with Gasteiger partial charge in [-0.1, -0.05) is 42.6 Å². The smallest absolute Gasteiger partial charge is 0.315 e. The normalized spacial score (nSPS) is 12.0. The summed E-state index contributed by atoms with van der Waals surface area (Å²) >= 11 is 11.8. The Kier molecular flexibility index (Phi) is 6.99. The van der Waals surface area contributed by atoms with E-state index in [0.29, 0.717) is 23.0 Å². The third-order valence-corrected chi connectivity index (χ3v) is 3.16. The number of benzene rings is 1. The number of hydrogen-bond donors (Lipinski definition) is 3. The van der Waals surface area contributed by atoms with E-state index in [2.05, 4.69) is 10.6 Å². The molecule has 0 aliphatic rings. The molecule has 0 fully saturated rings. The number of amides is 2. The molecule has 0 spiro atoms. The number of carbonyl (C=O) groups excluding carboxylic acids is 1. The number of urea groups is 1. The average Bonchev–Trinajstić information content (AvgIpc) is 2.35. The highest BCUT2D eigenvalue weighted by Crippen LogP contribution is 2.20. The lowest BCUT2D eigenvalue weighted by molar-refractivity contribution is 0.160. The van der Waals surface area contributed by atoms with Gasteiger partial charge in [0.05, 0.1) is 6.10 Å². The summed E-state index contributed by atoms with van der Waals surface area (Å²) in [4.78, 5) is 11.5. The molecule has 3 N–H and O–H groups in total. The highest BCUT2D eigenvalue weighted by atomic mass is 35.5. The van der Waals surface area contributed by atoms with Crippen LogP contribution in [0.4, 0.5) is 4.79 Å². The zero-order valence-electron chi connectivity index (χ0n) is 10.7. The molecule has 106 valence electrons. The molecule has 0 saturated heterocycles. The van der Waals surface area contributed by atoms with Crippen LogP contribution in [-0.2, 0) is 6.54 Å². The van der Waals surface area contributed by atoms with Crippen molar-refractivity contribution in [2.24, 2.45) is 0 Å². The van der Waals surface area contributed by atoms with Gasteiger partial charge in [-0.2, -0.15) is 0 Å². The topological polar surface area (TPSA) is 61.4 Å². The molecule has 0 aliphatic carbocycles. The van der Waals surface area contributed by atoms with Crippen LogP contribution in [-0.4, -0.2) is 23.8 Å². The van der Waals surface area contributed by atoms with Gasteiger partial charge in [-0.25, -0.2) is 4.79 Å². The molecule has 0 saturated carbocycles. The molecule has 6 heteroatoms. The Morgan fingerprint density at radius 1 is 1.37 bits per heavy atom. The molecule has 0 aromatic heterocycles. The lowest BCUT2D eigenvalue weighted by Crippen LogP contribution is -2.39. The van der Waals surface area contributed by atoms with Gasteiger partial charge >= 0.3 is 6.03 Å². The fourth-order valence-corrected chi connectivity index (χ4v) is 2.02. The molecule has 1 atom stereocenters. The molecule has 4 nitrogen and oxygen atoms in total. The van der Waals surface area contributed by atoms with E-state index in [9.17, 15) is 9.90 Å². The molecule has 0 bridgehead atoms. The van der Waals surface area contributed by atoms with Crippen LogP contribution in [0.25, 0.3) is 0 Å². The first-order valence-corrected chi connectivity index (χ1v) is 6.92. The zero-order valence-corrected chi connectivity index (χ0v) is 12.3. The van der Waals surface area contributed by atoms with Gasteiger partial charge in [-0.3, -0.25) is 0 Å². The fourth-order valence-electron chi connectivity index (χ4n) is 1.55. The van der Waals surface area contributed by atoms with Crippen molar-refractivity contribution in [2.75, 3.05) is 6.54 Å². The molecular formula is C13H18Cl2N2O2. The minimum absolute atomic E-state index is 0.244. The maximum atomic E-state index is 11.5. The number of rotatable bonds is 6. The van der Waals surface area contributed by atoms with Crippen LogP contribution in [0.15, 0.2) is 18.2 Å². The van der Waals surface area contributed by atoms with Crippen LogP contribution in [0.1, 0.15) is 25.3 Å². The van der Waals surface area contributed by atoms with Crippen molar-refractivity contribution in [1.29, 1.82) is 0 Å². The highest BCUT2D eigenvalue weighted by Gasteiger charge is 2.07. The Morgan fingerprint density at radius 3 is 2.74 bits per heavy atom. The third kappa shape index (κ3) is 6.14. The minimum Gasteiger partial charge on any atom is -0.391 e. The van der Waals surface area contributed by atoms with E-state index >= 15 is 0 Å². The molecule has 1 aromatic rings. The second-order valence-electron chi connectivity index (χ2n) is 4.24. The van der Waals surface area contributed by atoms with Gasteiger partial charge in [0, 0.05) is 23.1 Å². The maximum Gasteiger partial charge on any atom is 0.315 e. The molecule has 1 aromatic carbocycles. The van der Waals surface area contributed by atoms with Crippen LogP contribution in [0.5, 0.6) is 0 Å². The van der Waals surface area contributed by atoms with Gasteiger partial charge < -0.3 is 15.7 Å². The van der Waals surface area contributed by atoms with Crippen LogP contribution >= 0.6 is 23.2 Å². The van der Waals surface area contributed by atoms with E-state index in [1.165, 1.54) is 0 Å². The summed E-state index contributed by atoms with van der Waals surface area (Å²) in [6.07, 6.45) is 1.04. The van der Waals surface area contributed by atoms with E-state index in [1.54, 1.807) is 18.2 Å². The molecule has 2 amide bonds. The van der Waals surface area contributed by atoms with Gasteiger partial charge in [-0.05, 0) is 24.1 Å². The number of aliphatic hydroxyl groups is 1. The second-order valence-corrected chi connectivity index (χ2v) is 5.09. The maximum absolute atomic E-state index is 11.5. The van der Waals surface area contributed by atoms with Crippen LogP contribution in [0.2, 0.25) is 10.0 Å². The Balaban J connectivity index is 2.33. The number of carbonyl (C=O) groups is 1. The summed E-state index contributed by atoms with van der Waals surface area (Å²) < 4.78 is 0. The molecule has 1 unspecified atom stereocenters. The predicted molar refractivity (Wildman–Crippen MR) is 77.6 cm³/mol. The van der Waals surface area contributed by atoms with E-state index in [4.69, 9.17) is 23.2 Å². The summed E-state index contributed by atoms with van der Waals surface area (Å²) in [7, 11) is 0. The molecule has 0 heterocycles. The summed E-state index contributed by atoms with van der Waals surface area (Å²) in [5, 5.41) is 15.8. The summed E-state index contributed by atoms with van der Waals surface area (Å²) in [5.74, 6) is 0. The standard InChI is InChI=1S/C13H18Cl2N2O2/c1-2-3-11(18)8-17-13(19)16-7-9-4-5-10(14)6-12(9)15/h4-6,11,18H,2-3,7-8H2,1H3,(H2,16,17,19). The summed E-state index contributed by atoms with van der Waals surface area (Å²) in [6.45, 7) is 2.53. The molecule has 19 heavy (non-hydrogen) atoms. The number of aliphatic hydroxyl groups excluding tert-OH is 1. The first-order chi connectivity index (χ1) is 9.02. The SMILES string of the molecule is CCCC(O)CNC(=O)NCc1ccc(Cl)cc1Cl. The van der Waals surface area contributed by atoms with Crippen molar-refractivity contribution in [1.82, 2.24) is 10.6 Å². The Hall–Kier alpha value is -0.970. The summed E-state index contributed by atoms with van der Waals surface area (Å²) in [6, 6.07) is 4.77. The first-order valence-electron chi connectivity index (χ1n) is 6.16. The van der Waals surface area contributed by atoms with Crippen molar-refractivity contribution < 1.29 is 9.90 Å². The Morgan fingerprint density at radius 2 is 2.11 bits per heavy atom. The number of hydrogen-bond acceptors (Lipinski definition) is 2. The first kappa shape index (κ1) is 16.1. The molecule has 0 radical (unpaired) electrons. The van der Waals surface area contributed by atoms with Gasteiger partial charge in [-0.15, -0.1) is 0 Å². The van der Waals surface area contributed by atoms with Gasteiger partial charge in [0.1, 0.15) is 0 Å². The van der Waals surface area contributed by atoms with Crippen LogP contribution < -0.4 is 10.6 Å². The monoisotopic (exact) mass is 304 g/mol. The molecular weight excluding hydrogens is 287 g/mol. The third-order valence-electron chi connectivity index (χ3n) is 2.57. The fraction of sp³-hybridized carbons (Fsp3) is 0.462. The van der Waals surface area contributed by atoms with Crippen LogP contribution in [0.3, 0.4) is 0 Å². The molecule has 1 rings (SSSR count). The van der Waals surface area contributed by atoms with E-state index in [-0.39, 0.29) is 12.6 Å². The van der Waals surface area contributed by atoms with Crippen LogP contribution in [0, 0.1) is 0 Å². The summed E-state index contributed by atoms with van der Waals surface area (Å²) in [5.41, 5.74) is 0.787. The predicted octanol–water partition coefficient (Wildman–Crippen LogP) is 2.95. The van der Waals surface area contributed by atoms with E-state index in [1.807, 2.05) is 6.92 Å². The van der Waals surface area contributed by atoms with Gasteiger partial charge in [0.25, 0.3) is 0 Å². The number of nitrogens with one attached hydrogen (secondary N) is 2. The van der Waals surface area contributed by atoms with Crippen molar-refractivity contribution in [3.05, 3.63) is 33.8 Å². The lowest BCUT2D eigenvalue weighted by atomic mass is 10.2. The minimum atomic E-state index is -0.505. The second kappa shape index (κ2) is 8.25. The van der Waals surface area contributed by atoms with Crippen molar-refractivity contribution in [3.63, 3.8) is 0 Å². The quantitative estimate of drug-likeness (QED) is 0.756. The lowest BCUT2D eigenvalue weighted by Gasteiger charge is -2.12. The number of halogens is 2. The van der Waals surface area contributed by atoms with Crippen molar-refractivity contribution in [3.8, 4) is 0 Å². The Labute approximate surface area is 123 Å². The average molecular weight is 305 g/mol. The van der Waals surface area contributed by atoms with E-state index < -0.39 is 6.10 Å². The largest absolute Gasteiger partial charge is 0.391 e. The van der Waals surface area contributed by atoms with E-state index in [0.717, 1.165) is 12.0 Å². The zero-order chi connectivity index (χ0) is 14.3. The Bertz CT molecular complexity index is 427.